The minimum Gasteiger partial charge on any atom is -0.337 e. The lowest BCUT2D eigenvalue weighted by atomic mass is 9.86. The Kier molecular flexibility index (Phi) is 5.18. The van der Waals surface area contributed by atoms with Crippen molar-refractivity contribution < 1.29 is 0 Å². The van der Waals surface area contributed by atoms with E-state index in [1.807, 2.05) is 12.3 Å². The lowest BCUT2D eigenvalue weighted by molar-refractivity contribution is 0.333. The van der Waals surface area contributed by atoms with Crippen LogP contribution in [0.3, 0.4) is 0 Å². The van der Waals surface area contributed by atoms with E-state index in [0.29, 0.717) is 12.0 Å². The summed E-state index contributed by atoms with van der Waals surface area (Å²) in [6.45, 7) is 2.32. The van der Waals surface area contributed by atoms with Gasteiger partial charge in [-0.15, -0.1) is 0 Å². The van der Waals surface area contributed by atoms with Crippen LogP contribution in [0.1, 0.15) is 38.4 Å². The van der Waals surface area contributed by atoms with Gasteiger partial charge in [-0.05, 0) is 29.9 Å². The van der Waals surface area contributed by atoms with Gasteiger partial charge >= 0.3 is 0 Å². The fourth-order valence-corrected chi connectivity index (χ4v) is 4.56. The van der Waals surface area contributed by atoms with Crippen LogP contribution in [-0.2, 0) is 0 Å². The van der Waals surface area contributed by atoms with Gasteiger partial charge in [-0.25, -0.2) is 4.98 Å². The molecule has 1 fully saturated rings. The van der Waals surface area contributed by atoms with Crippen LogP contribution in [0.15, 0.2) is 77.8 Å². The minimum absolute atomic E-state index is 0.411. The molecule has 0 spiro atoms. The first-order chi connectivity index (χ1) is 14.8. The molecule has 1 aliphatic carbocycles. The number of nitrogens with one attached hydrogen (secondary N) is 1. The van der Waals surface area contributed by atoms with Crippen molar-refractivity contribution in [2.75, 3.05) is 0 Å². The Morgan fingerprint density at radius 3 is 2.17 bits per heavy atom. The van der Waals surface area contributed by atoms with Crippen LogP contribution in [0.25, 0.3) is 33.3 Å². The van der Waals surface area contributed by atoms with Gasteiger partial charge in [0.2, 0.25) is 0 Å². The van der Waals surface area contributed by atoms with E-state index in [2.05, 4.69) is 78.6 Å². The summed E-state index contributed by atoms with van der Waals surface area (Å²) in [5, 5.41) is 0. The minimum atomic E-state index is 0.411. The summed E-state index contributed by atoms with van der Waals surface area (Å²) in [7, 11) is 0. The highest BCUT2D eigenvalue weighted by atomic mass is 14.9. The third-order valence-electron chi connectivity index (χ3n) is 6.29. The average molecular weight is 394 g/mol. The number of aromatic amines is 1. The highest BCUT2D eigenvalue weighted by Gasteiger charge is 2.20. The SMILES string of the molecule is CC1CCCCC1N=Cc1nc2c(-c3ccccc3)ccc(-c3ccccc3)c2[nH]1. The van der Waals surface area contributed by atoms with Crippen LogP contribution in [0.5, 0.6) is 0 Å². The van der Waals surface area contributed by atoms with Gasteiger partial charge in [-0.3, -0.25) is 4.99 Å². The summed E-state index contributed by atoms with van der Waals surface area (Å²) >= 11 is 0. The zero-order chi connectivity index (χ0) is 20.3. The van der Waals surface area contributed by atoms with Crippen molar-refractivity contribution in [3.8, 4) is 22.3 Å². The van der Waals surface area contributed by atoms with Crippen molar-refractivity contribution in [3.05, 3.63) is 78.6 Å². The van der Waals surface area contributed by atoms with Crippen molar-refractivity contribution >= 4 is 17.2 Å². The monoisotopic (exact) mass is 393 g/mol. The fraction of sp³-hybridized carbons (Fsp3) is 0.259. The van der Waals surface area contributed by atoms with E-state index in [4.69, 9.17) is 9.98 Å². The van der Waals surface area contributed by atoms with Gasteiger partial charge in [0, 0.05) is 11.1 Å². The molecular formula is C27H27N3. The molecule has 1 aromatic heterocycles. The summed E-state index contributed by atoms with van der Waals surface area (Å²) in [5.74, 6) is 1.49. The van der Waals surface area contributed by atoms with Crippen molar-refractivity contribution in [2.24, 2.45) is 10.9 Å². The third kappa shape index (κ3) is 3.68. The highest BCUT2D eigenvalue weighted by Crippen LogP contribution is 2.34. The van der Waals surface area contributed by atoms with Crippen molar-refractivity contribution in [1.29, 1.82) is 0 Å². The first-order valence-corrected chi connectivity index (χ1v) is 11.0. The number of rotatable bonds is 4. The maximum absolute atomic E-state index is 4.98. The molecule has 0 aliphatic heterocycles. The molecule has 0 radical (unpaired) electrons. The van der Waals surface area contributed by atoms with E-state index < -0.39 is 0 Å². The van der Waals surface area contributed by atoms with E-state index in [-0.39, 0.29) is 0 Å². The zero-order valence-electron chi connectivity index (χ0n) is 17.4. The molecule has 2 atom stereocenters. The van der Waals surface area contributed by atoms with Crippen molar-refractivity contribution in [2.45, 2.75) is 38.6 Å². The summed E-state index contributed by atoms with van der Waals surface area (Å²) < 4.78 is 0. The summed E-state index contributed by atoms with van der Waals surface area (Å²) in [5.41, 5.74) is 6.75. The molecule has 30 heavy (non-hydrogen) atoms. The Labute approximate surface area is 177 Å². The number of hydrogen-bond donors (Lipinski definition) is 1. The Balaban J connectivity index is 1.61. The molecule has 2 unspecified atom stereocenters. The number of nitrogens with zero attached hydrogens (tertiary/aromatic N) is 2. The molecule has 150 valence electrons. The molecule has 5 rings (SSSR count). The molecule has 3 aromatic carbocycles. The molecule has 4 aromatic rings. The van der Waals surface area contributed by atoms with E-state index >= 15 is 0 Å². The molecule has 0 amide bonds. The van der Waals surface area contributed by atoms with E-state index in [1.54, 1.807) is 0 Å². The normalized spacial score (nSPS) is 19.5. The molecule has 3 nitrogen and oxygen atoms in total. The molecule has 3 heteroatoms. The molecular weight excluding hydrogens is 366 g/mol. The van der Waals surface area contributed by atoms with Crippen LogP contribution < -0.4 is 0 Å². The second-order valence-electron chi connectivity index (χ2n) is 8.35. The predicted molar refractivity (Wildman–Crippen MR) is 126 cm³/mol. The van der Waals surface area contributed by atoms with Crippen LogP contribution >= 0.6 is 0 Å². The van der Waals surface area contributed by atoms with Crippen molar-refractivity contribution in [3.63, 3.8) is 0 Å². The standard InChI is InChI=1S/C27H27N3/c1-19-10-8-9-15-24(19)28-18-25-29-26-22(20-11-4-2-5-12-20)16-17-23(27(26)30-25)21-13-6-3-7-14-21/h2-7,11-14,16-19,24H,8-10,15H2,1H3,(H,29,30). The number of benzene rings is 3. The van der Waals surface area contributed by atoms with Gasteiger partial charge < -0.3 is 4.98 Å². The van der Waals surface area contributed by atoms with Gasteiger partial charge in [0.25, 0.3) is 0 Å². The van der Waals surface area contributed by atoms with Crippen LogP contribution in [-0.4, -0.2) is 22.2 Å². The second-order valence-corrected chi connectivity index (χ2v) is 8.35. The maximum Gasteiger partial charge on any atom is 0.149 e. The molecule has 1 aliphatic rings. The second kappa shape index (κ2) is 8.27. The predicted octanol–water partition coefficient (Wildman–Crippen LogP) is 6.89. The third-order valence-corrected chi connectivity index (χ3v) is 6.29. The molecule has 1 N–H and O–H groups in total. The van der Waals surface area contributed by atoms with Gasteiger partial charge in [0.05, 0.1) is 23.3 Å². The fourth-order valence-electron chi connectivity index (χ4n) is 4.56. The Morgan fingerprint density at radius 2 is 1.47 bits per heavy atom. The number of aromatic nitrogens is 2. The topological polar surface area (TPSA) is 41.0 Å². The van der Waals surface area contributed by atoms with Gasteiger partial charge in [0.1, 0.15) is 5.82 Å². The lowest BCUT2D eigenvalue weighted by Crippen LogP contribution is -2.20. The Morgan fingerprint density at radius 1 is 0.833 bits per heavy atom. The number of hydrogen-bond acceptors (Lipinski definition) is 2. The molecule has 1 heterocycles. The van der Waals surface area contributed by atoms with Crippen LogP contribution in [0.2, 0.25) is 0 Å². The van der Waals surface area contributed by atoms with E-state index in [0.717, 1.165) is 22.4 Å². The first-order valence-electron chi connectivity index (χ1n) is 11.0. The number of imidazole rings is 1. The maximum atomic E-state index is 4.98. The van der Waals surface area contributed by atoms with E-state index in [1.165, 1.54) is 42.4 Å². The lowest BCUT2D eigenvalue weighted by Gasteiger charge is -2.24. The van der Waals surface area contributed by atoms with Crippen molar-refractivity contribution in [1.82, 2.24) is 9.97 Å². The zero-order valence-corrected chi connectivity index (χ0v) is 17.4. The number of fused-ring (bicyclic) bond motifs is 1. The average Bonchev–Trinajstić information content (AvgIpc) is 3.23. The van der Waals surface area contributed by atoms with Crippen LogP contribution in [0.4, 0.5) is 0 Å². The summed E-state index contributed by atoms with van der Waals surface area (Å²) in [6, 6.07) is 25.8. The van der Waals surface area contributed by atoms with Gasteiger partial charge in [-0.1, -0.05) is 92.6 Å². The smallest absolute Gasteiger partial charge is 0.149 e. The van der Waals surface area contributed by atoms with Gasteiger partial charge in [0.15, 0.2) is 0 Å². The van der Waals surface area contributed by atoms with Crippen LogP contribution in [0, 0.1) is 5.92 Å². The summed E-state index contributed by atoms with van der Waals surface area (Å²) in [6.07, 6.45) is 7.03. The highest BCUT2D eigenvalue weighted by molar-refractivity contribution is 6.02. The largest absolute Gasteiger partial charge is 0.337 e. The quantitative estimate of drug-likeness (QED) is 0.377. The molecule has 0 bridgehead atoms. The first kappa shape index (κ1) is 18.8. The van der Waals surface area contributed by atoms with E-state index in [9.17, 15) is 0 Å². The Hall–Kier alpha value is -3.20. The summed E-state index contributed by atoms with van der Waals surface area (Å²) in [4.78, 5) is 13.5. The Bertz CT molecular complexity index is 1080. The molecule has 0 saturated heterocycles. The molecule has 1 saturated carbocycles. The number of H-pyrrole nitrogens is 1. The van der Waals surface area contributed by atoms with Gasteiger partial charge in [-0.2, -0.15) is 0 Å². The number of aliphatic imine (C=N–C) groups is 1.